The molecular weight excluding hydrogens is 278 g/mol. The van der Waals surface area contributed by atoms with E-state index in [9.17, 15) is 13.5 Å². The van der Waals surface area contributed by atoms with Gasteiger partial charge in [0.25, 0.3) is 0 Å². The Kier molecular flexibility index (Phi) is 8.02. The molecule has 6 heteroatoms. The van der Waals surface area contributed by atoms with Gasteiger partial charge in [-0.3, -0.25) is 0 Å². The van der Waals surface area contributed by atoms with Gasteiger partial charge in [-0.25, -0.2) is 8.42 Å². The van der Waals surface area contributed by atoms with Crippen molar-refractivity contribution in [3.63, 3.8) is 0 Å². The highest BCUT2D eigenvalue weighted by Crippen LogP contribution is 2.29. The van der Waals surface area contributed by atoms with Gasteiger partial charge in [0.15, 0.2) is 0 Å². The molecule has 0 heterocycles. The fraction of sp³-hybridized carbons (Fsp3) is 1.00. The van der Waals surface area contributed by atoms with Gasteiger partial charge >= 0.3 is 0 Å². The van der Waals surface area contributed by atoms with E-state index in [1.807, 2.05) is 0 Å². The van der Waals surface area contributed by atoms with E-state index in [1.165, 1.54) is 25.5 Å². The van der Waals surface area contributed by atoms with Crippen LogP contribution in [0.4, 0.5) is 0 Å². The van der Waals surface area contributed by atoms with E-state index in [1.54, 1.807) is 0 Å². The van der Waals surface area contributed by atoms with Crippen molar-refractivity contribution in [1.29, 1.82) is 0 Å². The van der Waals surface area contributed by atoms with Crippen LogP contribution >= 0.6 is 0 Å². The van der Waals surface area contributed by atoms with Crippen molar-refractivity contribution in [2.24, 2.45) is 5.92 Å². The van der Waals surface area contributed by atoms with E-state index in [4.69, 9.17) is 4.74 Å². The maximum Gasteiger partial charge on any atom is 0.148 e. The summed E-state index contributed by atoms with van der Waals surface area (Å²) in [5, 5.41) is 12.8. The second-order valence-electron chi connectivity index (χ2n) is 5.81. The minimum atomic E-state index is -2.94. The molecule has 0 aromatic carbocycles. The zero-order valence-corrected chi connectivity index (χ0v) is 13.5. The Labute approximate surface area is 123 Å². The Balaban J connectivity index is 2.14. The maximum atomic E-state index is 11.0. The summed E-state index contributed by atoms with van der Waals surface area (Å²) in [7, 11) is -2.94. The van der Waals surface area contributed by atoms with Crippen molar-refractivity contribution in [1.82, 2.24) is 5.32 Å². The second kappa shape index (κ2) is 8.97. The molecule has 20 heavy (non-hydrogen) atoms. The quantitative estimate of drug-likeness (QED) is 0.621. The number of sulfone groups is 1. The van der Waals surface area contributed by atoms with E-state index in [2.05, 4.69) is 12.2 Å². The lowest BCUT2D eigenvalue weighted by atomic mass is 9.85. The molecule has 0 amide bonds. The van der Waals surface area contributed by atoms with Crippen molar-refractivity contribution in [3.8, 4) is 0 Å². The van der Waals surface area contributed by atoms with E-state index >= 15 is 0 Å². The number of aliphatic hydroxyl groups is 1. The summed E-state index contributed by atoms with van der Waals surface area (Å²) in [6.07, 6.45) is 6.86. The van der Waals surface area contributed by atoms with Gasteiger partial charge in [0.2, 0.25) is 0 Å². The van der Waals surface area contributed by atoms with Crippen LogP contribution in [0.25, 0.3) is 0 Å². The Hall–Kier alpha value is -0.170. The number of rotatable bonds is 9. The molecule has 0 radical (unpaired) electrons. The third-order valence-corrected chi connectivity index (χ3v) is 4.84. The molecule has 0 aromatic heterocycles. The van der Waals surface area contributed by atoms with Crippen LogP contribution in [0.15, 0.2) is 0 Å². The SMILES string of the molecule is CCC1CCCCC1OCC(O)CNCCS(C)(=O)=O. The molecule has 0 saturated heterocycles. The Morgan fingerprint density at radius 1 is 1.35 bits per heavy atom. The van der Waals surface area contributed by atoms with Crippen LogP contribution < -0.4 is 5.32 Å². The van der Waals surface area contributed by atoms with Crippen LogP contribution in [0.1, 0.15) is 39.0 Å². The maximum absolute atomic E-state index is 11.0. The van der Waals surface area contributed by atoms with Gasteiger partial charge in [-0.15, -0.1) is 0 Å². The fourth-order valence-corrected chi connectivity index (χ4v) is 3.20. The van der Waals surface area contributed by atoms with E-state index in [0.717, 1.165) is 12.8 Å². The molecule has 0 aliphatic heterocycles. The molecular formula is C14H29NO4S. The lowest BCUT2D eigenvalue weighted by Crippen LogP contribution is -2.36. The first-order valence-electron chi connectivity index (χ1n) is 7.60. The molecule has 0 aromatic rings. The largest absolute Gasteiger partial charge is 0.389 e. The third kappa shape index (κ3) is 7.57. The summed E-state index contributed by atoms with van der Waals surface area (Å²) >= 11 is 0. The lowest BCUT2D eigenvalue weighted by molar-refractivity contribution is -0.0497. The fourth-order valence-electron chi connectivity index (χ4n) is 2.68. The van der Waals surface area contributed by atoms with Crippen LogP contribution in [0, 0.1) is 5.92 Å². The summed E-state index contributed by atoms with van der Waals surface area (Å²) in [4.78, 5) is 0. The number of hydrogen-bond donors (Lipinski definition) is 2. The molecule has 1 aliphatic rings. The van der Waals surface area contributed by atoms with Crippen molar-refractivity contribution >= 4 is 9.84 Å². The Morgan fingerprint density at radius 3 is 2.70 bits per heavy atom. The minimum absolute atomic E-state index is 0.0983. The first kappa shape index (κ1) is 17.9. The van der Waals surface area contributed by atoms with Gasteiger partial charge in [0.05, 0.1) is 24.6 Å². The zero-order chi connectivity index (χ0) is 15.0. The molecule has 2 N–H and O–H groups in total. The highest BCUT2D eigenvalue weighted by molar-refractivity contribution is 7.90. The Morgan fingerprint density at radius 2 is 2.05 bits per heavy atom. The molecule has 0 bridgehead atoms. The van der Waals surface area contributed by atoms with E-state index < -0.39 is 15.9 Å². The van der Waals surface area contributed by atoms with Crippen LogP contribution in [-0.2, 0) is 14.6 Å². The highest BCUT2D eigenvalue weighted by Gasteiger charge is 2.24. The minimum Gasteiger partial charge on any atom is -0.389 e. The van der Waals surface area contributed by atoms with Crippen LogP contribution in [-0.4, -0.2) is 57.4 Å². The van der Waals surface area contributed by atoms with E-state index in [-0.39, 0.29) is 11.9 Å². The van der Waals surface area contributed by atoms with Crippen LogP contribution in [0.5, 0.6) is 0 Å². The third-order valence-electron chi connectivity index (χ3n) is 3.90. The monoisotopic (exact) mass is 307 g/mol. The van der Waals surface area contributed by atoms with Crippen LogP contribution in [0.3, 0.4) is 0 Å². The van der Waals surface area contributed by atoms with Gasteiger partial charge in [-0.2, -0.15) is 0 Å². The molecule has 1 fully saturated rings. The smallest absolute Gasteiger partial charge is 0.148 e. The van der Waals surface area contributed by atoms with Gasteiger partial charge in [-0.1, -0.05) is 26.2 Å². The summed E-state index contributed by atoms with van der Waals surface area (Å²) in [6.45, 7) is 3.26. The molecule has 1 saturated carbocycles. The van der Waals surface area contributed by atoms with Gasteiger partial charge in [-0.05, 0) is 18.8 Å². The summed E-state index contributed by atoms with van der Waals surface area (Å²) < 4.78 is 27.7. The first-order chi connectivity index (χ1) is 9.42. The Bertz CT molecular complexity index is 358. The number of aliphatic hydroxyl groups excluding tert-OH is 1. The molecule has 3 atom stereocenters. The topological polar surface area (TPSA) is 75.6 Å². The lowest BCUT2D eigenvalue weighted by Gasteiger charge is -2.31. The van der Waals surface area contributed by atoms with E-state index in [0.29, 0.717) is 25.6 Å². The molecule has 0 spiro atoms. The summed E-state index contributed by atoms with van der Waals surface area (Å²) in [6, 6.07) is 0. The number of ether oxygens (including phenoxy) is 1. The average Bonchev–Trinajstić information content (AvgIpc) is 2.40. The predicted octanol–water partition coefficient (Wildman–Crippen LogP) is 0.967. The average molecular weight is 307 g/mol. The normalized spacial score (nSPS) is 25.6. The molecule has 3 unspecified atom stereocenters. The van der Waals surface area contributed by atoms with Gasteiger partial charge < -0.3 is 15.2 Å². The van der Waals surface area contributed by atoms with Crippen molar-refractivity contribution < 1.29 is 18.3 Å². The van der Waals surface area contributed by atoms with Gasteiger partial charge in [0, 0.05) is 19.3 Å². The summed E-state index contributed by atoms with van der Waals surface area (Å²) in [5.41, 5.74) is 0. The predicted molar refractivity (Wildman–Crippen MR) is 80.6 cm³/mol. The van der Waals surface area contributed by atoms with Crippen molar-refractivity contribution in [2.75, 3.05) is 31.7 Å². The molecule has 1 aliphatic carbocycles. The number of hydrogen-bond acceptors (Lipinski definition) is 5. The van der Waals surface area contributed by atoms with Gasteiger partial charge in [0.1, 0.15) is 9.84 Å². The first-order valence-corrected chi connectivity index (χ1v) is 9.66. The molecule has 120 valence electrons. The second-order valence-corrected chi connectivity index (χ2v) is 8.07. The van der Waals surface area contributed by atoms with Crippen molar-refractivity contribution in [3.05, 3.63) is 0 Å². The summed E-state index contributed by atoms with van der Waals surface area (Å²) in [5.74, 6) is 0.718. The standard InChI is InChI=1S/C14H29NO4S/c1-3-12-6-4-5-7-14(12)19-11-13(16)10-15-8-9-20(2,17)18/h12-16H,3-11H2,1-2H3. The van der Waals surface area contributed by atoms with Crippen LogP contribution in [0.2, 0.25) is 0 Å². The molecule has 5 nitrogen and oxygen atoms in total. The highest BCUT2D eigenvalue weighted by atomic mass is 32.2. The van der Waals surface area contributed by atoms with Crippen molar-refractivity contribution in [2.45, 2.75) is 51.2 Å². The zero-order valence-electron chi connectivity index (χ0n) is 12.7. The number of nitrogens with one attached hydrogen (secondary N) is 1. The molecule has 1 rings (SSSR count).